The van der Waals surface area contributed by atoms with Crippen LogP contribution in [-0.4, -0.2) is 62.5 Å². The molecule has 1 saturated carbocycles. The van der Waals surface area contributed by atoms with E-state index in [0.717, 1.165) is 19.6 Å². The minimum atomic E-state index is 0.282. The van der Waals surface area contributed by atoms with Crippen LogP contribution in [-0.2, 0) is 9.47 Å². The molecule has 2 rings (SSSR count). The molecule has 4 heteroatoms. The zero-order valence-corrected chi connectivity index (χ0v) is 14.2. The lowest BCUT2D eigenvalue weighted by Gasteiger charge is -2.52. The number of rotatable bonds is 8. The molecule has 1 N–H and O–H groups in total. The lowest BCUT2D eigenvalue weighted by molar-refractivity contribution is 0.00180. The van der Waals surface area contributed by atoms with Crippen molar-refractivity contribution < 1.29 is 9.47 Å². The normalized spacial score (nSPS) is 29.3. The molecule has 2 aliphatic rings. The molecule has 0 bridgehead atoms. The Morgan fingerprint density at radius 2 is 1.90 bits per heavy atom. The third-order valence-corrected chi connectivity index (χ3v) is 5.52. The summed E-state index contributed by atoms with van der Waals surface area (Å²) in [6.07, 6.45) is 7.85. The topological polar surface area (TPSA) is 33.7 Å². The van der Waals surface area contributed by atoms with Gasteiger partial charge in [0, 0.05) is 44.4 Å². The van der Waals surface area contributed by atoms with E-state index < -0.39 is 0 Å². The molecule has 0 radical (unpaired) electrons. The van der Waals surface area contributed by atoms with Crippen molar-refractivity contribution in [2.24, 2.45) is 0 Å². The van der Waals surface area contributed by atoms with Crippen molar-refractivity contribution in [1.82, 2.24) is 10.2 Å². The molecule has 1 saturated heterocycles. The van der Waals surface area contributed by atoms with Crippen LogP contribution in [0.25, 0.3) is 0 Å². The largest absolute Gasteiger partial charge is 0.382 e. The molecule has 0 aromatic carbocycles. The minimum absolute atomic E-state index is 0.282. The lowest BCUT2D eigenvalue weighted by atomic mass is 9.85. The highest BCUT2D eigenvalue weighted by Gasteiger charge is 2.45. The minimum Gasteiger partial charge on any atom is -0.382 e. The van der Waals surface area contributed by atoms with E-state index in [2.05, 4.69) is 24.1 Å². The number of nitrogens with zero attached hydrogens (tertiary/aromatic N) is 1. The molecule has 1 spiro atoms. The number of ether oxygens (including phenoxy) is 2. The van der Waals surface area contributed by atoms with E-state index in [4.69, 9.17) is 9.47 Å². The predicted molar refractivity (Wildman–Crippen MR) is 86.8 cm³/mol. The first-order valence-electron chi connectivity index (χ1n) is 8.71. The number of nitrogens with one attached hydrogen (secondary N) is 1. The second-order valence-corrected chi connectivity index (χ2v) is 7.08. The molecule has 21 heavy (non-hydrogen) atoms. The van der Waals surface area contributed by atoms with Gasteiger partial charge < -0.3 is 14.8 Å². The van der Waals surface area contributed by atoms with E-state index in [9.17, 15) is 0 Å². The van der Waals surface area contributed by atoms with E-state index in [1.165, 1.54) is 51.7 Å². The van der Waals surface area contributed by atoms with Gasteiger partial charge >= 0.3 is 0 Å². The molecular weight excluding hydrogens is 264 g/mol. The Kier molecular flexibility index (Phi) is 6.48. The standard InChI is InChI=1S/C17H34N2O2/c1-4-16(2)15-19(10-7-11-21-13-12-20-3)17(14-18-16)8-5-6-9-17/h18H,4-15H2,1-3H3. The van der Waals surface area contributed by atoms with Crippen LogP contribution in [0.15, 0.2) is 0 Å². The summed E-state index contributed by atoms with van der Waals surface area (Å²) < 4.78 is 10.6. The molecule has 1 aliphatic carbocycles. The smallest absolute Gasteiger partial charge is 0.0700 e. The van der Waals surface area contributed by atoms with Gasteiger partial charge in [0.1, 0.15) is 0 Å². The van der Waals surface area contributed by atoms with Gasteiger partial charge in [0.2, 0.25) is 0 Å². The second kappa shape index (κ2) is 7.91. The van der Waals surface area contributed by atoms with Gasteiger partial charge in [-0.05, 0) is 32.6 Å². The van der Waals surface area contributed by atoms with E-state index >= 15 is 0 Å². The van der Waals surface area contributed by atoms with Crippen LogP contribution in [0, 0.1) is 0 Å². The van der Waals surface area contributed by atoms with Crippen molar-refractivity contribution in [3.63, 3.8) is 0 Å². The van der Waals surface area contributed by atoms with Gasteiger partial charge in [-0.3, -0.25) is 4.90 Å². The SMILES string of the molecule is CCC1(C)CN(CCCOCCOC)C2(CCCC2)CN1. The molecule has 1 atom stereocenters. The first-order chi connectivity index (χ1) is 10.1. The fraction of sp³-hybridized carbons (Fsp3) is 1.00. The number of methoxy groups -OCH3 is 1. The molecule has 0 amide bonds. The van der Waals surface area contributed by atoms with Crippen LogP contribution in [0.3, 0.4) is 0 Å². The van der Waals surface area contributed by atoms with Gasteiger partial charge in [-0.25, -0.2) is 0 Å². The van der Waals surface area contributed by atoms with Gasteiger partial charge in [0.25, 0.3) is 0 Å². The van der Waals surface area contributed by atoms with E-state index in [1.54, 1.807) is 7.11 Å². The number of piperazine rings is 1. The Labute approximate surface area is 130 Å². The van der Waals surface area contributed by atoms with Crippen molar-refractivity contribution in [3.05, 3.63) is 0 Å². The van der Waals surface area contributed by atoms with Crippen LogP contribution < -0.4 is 5.32 Å². The summed E-state index contributed by atoms with van der Waals surface area (Å²) in [5, 5.41) is 3.84. The Morgan fingerprint density at radius 3 is 2.57 bits per heavy atom. The zero-order chi connectivity index (χ0) is 15.2. The van der Waals surface area contributed by atoms with Crippen LogP contribution in [0.2, 0.25) is 0 Å². The molecule has 1 unspecified atom stereocenters. The summed E-state index contributed by atoms with van der Waals surface area (Å²) in [6.45, 7) is 10.5. The van der Waals surface area contributed by atoms with Crippen molar-refractivity contribution in [2.45, 2.75) is 63.5 Å². The van der Waals surface area contributed by atoms with Crippen LogP contribution >= 0.6 is 0 Å². The maximum atomic E-state index is 5.63. The van der Waals surface area contributed by atoms with Gasteiger partial charge in [-0.2, -0.15) is 0 Å². The quantitative estimate of drug-likeness (QED) is 0.698. The van der Waals surface area contributed by atoms with Crippen molar-refractivity contribution in [1.29, 1.82) is 0 Å². The highest BCUT2D eigenvalue weighted by Crippen LogP contribution is 2.39. The van der Waals surface area contributed by atoms with Crippen molar-refractivity contribution in [2.75, 3.05) is 46.6 Å². The van der Waals surface area contributed by atoms with E-state index in [1.807, 2.05) is 0 Å². The fourth-order valence-electron chi connectivity index (χ4n) is 3.82. The van der Waals surface area contributed by atoms with Crippen molar-refractivity contribution >= 4 is 0 Å². The monoisotopic (exact) mass is 298 g/mol. The summed E-state index contributed by atoms with van der Waals surface area (Å²) in [6, 6.07) is 0. The summed E-state index contributed by atoms with van der Waals surface area (Å²) in [5.74, 6) is 0. The highest BCUT2D eigenvalue weighted by atomic mass is 16.5. The first kappa shape index (κ1) is 17.2. The summed E-state index contributed by atoms with van der Waals surface area (Å²) >= 11 is 0. The Hall–Kier alpha value is -0.160. The summed E-state index contributed by atoms with van der Waals surface area (Å²) in [7, 11) is 1.72. The number of hydrogen-bond acceptors (Lipinski definition) is 4. The summed E-state index contributed by atoms with van der Waals surface area (Å²) in [4.78, 5) is 2.78. The molecule has 0 aromatic rings. The lowest BCUT2D eigenvalue weighted by Crippen LogP contribution is -2.68. The summed E-state index contributed by atoms with van der Waals surface area (Å²) in [5.41, 5.74) is 0.714. The molecule has 0 aromatic heterocycles. The first-order valence-corrected chi connectivity index (χ1v) is 8.71. The maximum Gasteiger partial charge on any atom is 0.0700 e. The fourth-order valence-corrected chi connectivity index (χ4v) is 3.82. The molecule has 1 heterocycles. The van der Waals surface area contributed by atoms with Crippen molar-refractivity contribution in [3.8, 4) is 0 Å². The average Bonchev–Trinajstić information content (AvgIpc) is 2.96. The van der Waals surface area contributed by atoms with Crippen LogP contribution in [0.5, 0.6) is 0 Å². The molecule has 4 nitrogen and oxygen atoms in total. The highest BCUT2D eigenvalue weighted by molar-refractivity contribution is 5.05. The molecule has 2 fully saturated rings. The van der Waals surface area contributed by atoms with Gasteiger partial charge in [-0.1, -0.05) is 19.8 Å². The third kappa shape index (κ3) is 4.41. The van der Waals surface area contributed by atoms with E-state index in [-0.39, 0.29) is 5.54 Å². The predicted octanol–water partition coefficient (Wildman–Crippen LogP) is 2.43. The Morgan fingerprint density at radius 1 is 1.14 bits per heavy atom. The Balaban J connectivity index is 1.82. The molecule has 1 aliphatic heterocycles. The van der Waals surface area contributed by atoms with Crippen LogP contribution in [0.1, 0.15) is 52.4 Å². The molecule has 124 valence electrons. The van der Waals surface area contributed by atoms with Gasteiger partial charge in [0.05, 0.1) is 13.2 Å². The second-order valence-electron chi connectivity index (χ2n) is 7.08. The van der Waals surface area contributed by atoms with Gasteiger partial charge in [-0.15, -0.1) is 0 Å². The Bertz CT molecular complexity index is 305. The van der Waals surface area contributed by atoms with Gasteiger partial charge in [0.15, 0.2) is 0 Å². The van der Waals surface area contributed by atoms with Crippen LogP contribution in [0.4, 0.5) is 0 Å². The number of hydrogen-bond donors (Lipinski definition) is 1. The zero-order valence-electron chi connectivity index (χ0n) is 14.2. The average molecular weight is 298 g/mol. The molecular formula is C17H34N2O2. The third-order valence-electron chi connectivity index (χ3n) is 5.52. The maximum absolute atomic E-state index is 5.63. The van der Waals surface area contributed by atoms with E-state index in [0.29, 0.717) is 12.1 Å².